The Morgan fingerprint density at radius 2 is 2.00 bits per heavy atom. The van der Waals surface area contributed by atoms with E-state index >= 15 is 0 Å². The van der Waals surface area contributed by atoms with Gasteiger partial charge in [-0.25, -0.2) is 9.79 Å². The average Bonchev–Trinajstić information content (AvgIpc) is 2.20. The number of rotatable bonds is 3. The molecule has 1 atom stereocenters. The Labute approximate surface area is 80.6 Å². The summed E-state index contributed by atoms with van der Waals surface area (Å²) in [5, 5.41) is 25.1. The van der Waals surface area contributed by atoms with E-state index in [2.05, 4.69) is 9.73 Å². The molecular formula is C8H6N4O2. The van der Waals surface area contributed by atoms with Crippen LogP contribution in [0.25, 0.3) is 0 Å². The maximum Gasteiger partial charge on any atom is 0.345 e. The van der Waals surface area contributed by atoms with Crippen molar-refractivity contribution >= 4 is 11.7 Å². The number of ether oxygens (including phenoxy) is 1. The molecule has 70 valence electrons. The molecule has 0 unspecified atom stereocenters. The fraction of sp³-hybridized carbons (Fsp3) is 0.375. The van der Waals surface area contributed by atoms with E-state index in [1.807, 2.05) is 0 Å². The van der Waals surface area contributed by atoms with Gasteiger partial charge in [-0.2, -0.15) is 15.8 Å². The first kappa shape index (κ1) is 11.6. The van der Waals surface area contributed by atoms with E-state index in [4.69, 9.17) is 15.8 Å². The Balaban J connectivity index is 4.72. The molecule has 0 rings (SSSR count). The quantitative estimate of drug-likeness (QED) is 0.456. The summed E-state index contributed by atoms with van der Waals surface area (Å²) in [5.74, 6) is -0.863. The highest BCUT2D eigenvalue weighted by Gasteiger charge is 2.18. The Bertz CT molecular complexity index is 350. The molecular weight excluding hydrogens is 184 g/mol. The summed E-state index contributed by atoms with van der Waals surface area (Å²) in [5.41, 5.74) is -0.524. The highest BCUT2D eigenvalue weighted by molar-refractivity contribution is 6.11. The Kier molecular flexibility index (Phi) is 5.11. The molecule has 0 saturated carbocycles. The predicted molar refractivity (Wildman–Crippen MR) is 44.7 cm³/mol. The number of nitriles is 3. The third-order valence-corrected chi connectivity index (χ3v) is 1.10. The predicted octanol–water partition coefficient (Wildman–Crippen LogP) is -0.0702. The van der Waals surface area contributed by atoms with Gasteiger partial charge in [-0.15, -0.1) is 0 Å². The Hall–Kier alpha value is -2.39. The molecule has 0 N–H and O–H groups in total. The van der Waals surface area contributed by atoms with Crippen molar-refractivity contribution in [2.24, 2.45) is 4.99 Å². The molecule has 0 spiro atoms. The van der Waals surface area contributed by atoms with Gasteiger partial charge in [-0.05, 0) is 6.92 Å². The van der Waals surface area contributed by atoms with Gasteiger partial charge in [0.25, 0.3) is 0 Å². The van der Waals surface area contributed by atoms with Crippen molar-refractivity contribution in [1.29, 1.82) is 15.8 Å². The summed E-state index contributed by atoms with van der Waals surface area (Å²) in [7, 11) is 0. The largest absolute Gasteiger partial charge is 0.464 e. The summed E-state index contributed by atoms with van der Waals surface area (Å²) < 4.78 is 4.50. The SMILES string of the molecule is CCOC(=O)[C@@H](C#N)N=C(C#N)C#N. The Morgan fingerprint density at radius 1 is 1.43 bits per heavy atom. The minimum absolute atomic E-state index is 0.112. The molecule has 0 aromatic carbocycles. The van der Waals surface area contributed by atoms with Crippen LogP contribution < -0.4 is 0 Å². The molecule has 0 amide bonds. The van der Waals surface area contributed by atoms with Crippen LogP contribution >= 0.6 is 0 Å². The summed E-state index contributed by atoms with van der Waals surface area (Å²) in [6, 6.07) is 2.97. The monoisotopic (exact) mass is 190 g/mol. The van der Waals surface area contributed by atoms with Crippen LogP contribution in [0.3, 0.4) is 0 Å². The van der Waals surface area contributed by atoms with Crippen molar-refractivity contribution in [1.82, 2.24) is 0 Å². The minimum atomic E-state index is -1.44. The first-order chi connectivity index (χ1) is 6.69. The number of hydrogen-bond acceptors (Lipinski definition) is 6. The van der Waals surface area contributed by atoms with Gasteiger partial charge in [0, 0.05) is 0 Å². The number of carbonyl (C=O) groups is 1. The average molecular weight is 190 g/mol. The van der Waals surface area contributed by atoms with Gasteiger partial charge in [0.1, 0.15) is 18.2 Å². The zero-order valence-corrected chi connectivity index (χ0v) is 7.39. The smallest absolute Gasteiger partial charge is 0.345 e. The molecule has 0 aliphatic carbocycles. The molecule has 0 aliphatic heterocycles. The number of aliphatic imine (C=N–C) groups is 1. The Morgan fingerprint density at radius 3 is 2.36 bits per heavy atom. The van der Waals surface area contributed by atoms with Crippen LogP contribution in [0.5, 0.6) is 0 Å². The van der Waals surface area contributed by atoms with E-state index in [0.29, 0.717) is 0 Å². The van der Waals surface area contributed by atoms with E-state index in [1.165, 1.54) is 18.2 Å². The molecule has 0 radical (unpaired) electrons. The van der Waals surface area contributed by atoms with Crippen molar-refractivity contribution in [3.63, 3.8) is 0 Å². The van der Waals surface area contributed by atoms with Crippen molar-refractivity contribution in [3.8, 4) is 18.2 Å². The number of nitrogens with zero attached hydrogens (tertiary/aromatic N) is 4. The van der Waals surface area contributed by atoms with E-state index in [9.17, 15) is 4.79 Å². The second-order valence-electron chi connectivity index (χ2n) is 1.98. The van der Waals surface area contributed by atoms with Crippen LogP contribution in [0.2, 0.25) is 0 Å². The first-order valence-electron chi connectivity index (χ1n) is 3.63. The molecule has 0 bridgehead atoms. The first-order valence-corrected chi connectivity index (χ1v) is 3.63. The topological polar surface area (TPSA) is 110 Å². The van der Waals surface area contributed by atoms with Gasteiger partial charge in [0.05, 0.1) is 6.61 Å². The second kappa shape index (κ2) is 6.16. The van der Waals surface area contributed by atoms with E-state index in [1.54, 1.807) is 6.92 Å². The molecule has 0 fully saturated rings. The highest BCUT2D eigenvalue weighted by Crippen LogP contribution is 1.94. The molecule has 0 saturated heterocycles. The van der Waals surface area contributed by atoms with Crippen LogP contribution in [0.1, 0.15) is 6.92 Å². The number of esters is 1. The van der Waals surface area contributed by atoms with Gasteiger partial charge in [0.2, 0.25) is 11.8 Å². The summed E-state index contributed by atoms with van der Waals surface area (Å²) in [6.45, 7) is 1.69. The lowest BCUT2D eigenvalue weighted by Crippen LogP contribution is -2.21. The fourth-order valence-corrected chi connectivity index (χ4v) is 0.567. The molecule has 0 aromatic rings. The lowest BCUT2D eigenvalue weighted by molar-refractivity contribution is -0.143. The third-order valence-electron chi connectivity index (χ3n) is 1.10. The van der Waals surface area contributed by atoms with Gasteiger partial charge >= 0.3 is 5.97 Å². The van der Waals surface area contributed by atoms with Gasteiger partial charge in [0.15, 0.2) is 0 Å². The summed E-state index contributed by atoms with van der Waals surface area (Å²) in [4.78, 5) is 14.3. The van der Waals surface area contributed by atoms with Crippen molar-refractivity contribution in [2.45, 2.75) is 13.0 Å². The second-order valence-corrected chi connectivity index (χ2v) is 1.98. The zero-order chi connectivity index (χ0) is 11.0. The van der Waals surface area contributed by atoms with E-state index < -0.39 is 17.7 Å². The zero-order valence-electron chi connectivity index (χ0n) is 7.39. The van der Waals surface area contributed by atoms with E-state index in [0.717, 1.165) is 0 Å². The van der Waals surface area contributed by atoms with Crippen molar-refractivity contribution in [3.05, 3.63) is 0 Å². The molecule has 0 aliphatic rings. The lowest BCUT2D eigenvalue weighted by Gasteiger charge is -2.01. The minimum Gasteiger partial charge on any atom is -0.464 e. The maximum absolute atomic E-state index is 11.0. The molecule has 14 heavy (non-hydrogen) atoms. The van der Waals surface area contributed by atoms with Gasteiger partial charge < -0.3 is 4.74 Å². The summed E-state index contributed by atoms with van der Waals surface area (Å²) >= 11 is 0. The van der Waals surface area contributed by atoms with Crippen molar-refractivity contribution < 1.29 is 9.53 Å². The van der Waals surface area contributed by atoms with Crippen LogP contribution in [0.4, 0.5) is 0 Å². The molecule has 6 nitrogen and oxygen atoms in total. The highest BCUT2D eigenvalue weighted by atomic mass is 16.5. The van der Waals surface area contributed by atoms with Crippen molar-refractivity contribution in [2.75, 3.05) is 6.61 Å². The van der Waals surface area contributed by atoms with Crippen LogP contribution in [0, 0.1) is 34.0 Å². The number of carbonyl (C=O) groups excluding carboxylic acids is 1. The maximum atomic E-state index is 11.0. The van der Waals surface area contributed by atoms with Gasteiger partial charge in [-0.3, -0.25) is 0 Å². The van der Waals surface area contributed by atoms with Crippen LogP contribution in [0.15, 0.2) is 4.99 Å². The lowest BCUT2D eigenvalue weighted by atomic mass is 10.3. The van der Waals surface area contributed by atoms with Gasteiger partial charge in [-0.1, -0.05) is 0 Å². The molecule has 0 heterocycles. The van der Waals surface area contributed by atoms with Crippen LogP contribution in [-0.4, -0.2) is 24.3 Å². The van der Waals surface area contributed by atoms with E-state index in [-0.39, 0.29) is 6.61 Å². The molecule has 0 aromatic heterocycles. The standard InChI is InChI=1S/C8H6N4O2/c1-2-14-8(13)7(5-11)12-6(3-9)4-10/h7H,2H2,1H3/t7-/m1/s1. The summed E-state index contributed by atoms with van der Waals surface area (Å²) in [6.07, 6.45) is 0. The fourth-order valence-electron chi connectivity index (χ4n) is 0.567. The van der Waals surface area contributed by atoms with Crippen LogP contribution in [-0.2, 0) is 9.53 Å². The third kappa shape index (κ3) is 3.34. The normalized spacial score (nSPS) is 9.86. The number of hydrogen-bond donors (Lipinski definition) is 0. The molecule has 6 heteroatoms.